The maximum atomic E-state index is 5.92. The first-order valence-corrected chi connectivity index (χ1v) is 8.38. The minimum atomic E-state index is 0.637. The van der Waals surface area contributed by atoms with Crippen LogP contribution in [-0.2, 0) is 6.54 Å². The minimum absolute atomic E-state index is 0.637. The van der Waals surface area contributed by atoms with Crippen LogP contribution in [0.1, 0.15) is 24.6 Å². The quantitative estimate of drug-likeness (QED) is 0.856. The lowest BCUT2D eigenvalue weighted by atomic mass is 10.1. The van der Waals surface area contributed by atoms with Crippen LogP contribution in [0.4, 0.5) is 0 Å². The highest BCUT2D eigenvalue weighted by Crippen LogP contribution is 2.31. The Morgan fingerprint density at radius 2 is 2.00 bits per heavy atom. The summed E-state index contributed by atoms with van der Waals surface area (Å²) in [6.07, 6.45) is 2.37. The SMILES string of the molecule is Cc1nc(CN2CCC(Sc3ccc(Cl)cc3)CC2)no1. The second-order valence-electron chi connectivity index (χ2n) is 5.28. The third-order valence-electron chi connectivity index (χ3n) is 3.59. The molecule has 1 aliphatic heterocycles. The van der Waals surface area contributed by atoms with Gasteiger partial charge >= 0.3 is 0 Å². The number of halogens is 1. The third kappa shape index (κ3) is 4.22. The van der Waals surface area contributed by atoms with Crippen molar-refractivity contribution in [3.05, 3.63) is 41.0 Å². The standard InChI is InChI=1S/C15H18ClN3OS/c1-11-17-15(18-20-11)10-19-8-6-14(7-9-19)21-13-4-2-12(16)3-5-13/h2-5,14H,6-10H2,1H3. The fraction of sp³-hybridized carbons (Fsp3) is 0.467. The van der Waals surface area contributed by atoms with Gasteiger partial charge in [0.2, 0.25) is 5.89 Å². The van der Waals surface area contributed by atoms with Crippen molar-refractivity contribution in [1.29, 1.82) is 0 Å². The van der Waals surface area contributed by atoms with Gasteiger partial charge in [0.15, 0.2) is 5.82 Å². The largest absolute Gasteiger partial charge is 0.340 e. The molecule has 112 valence electrons. The smallest absolute Gasteiger partial charge is 0.223 e. The molecule has 2 heterocycles. The van der Waals surface area contributed by atoms with Crippen molar-refractivity contribution in [2.45, 2.75) is 36.5 Å². The summed E-state index contributed by atoms with van der Waals surface area (Å²) in [7, 11) is 0. The first kappa shape index (κ1) is 14.9. The summed E-state index contributed by atoms with van der Waals surface area (Å²) in [4.78, 5) is 7.95. The summed E-state index contributed by atoms with van der Waals surface area (Å²) in [5, 5.41) is 5.43. The number of thioether (sulfide) groups is 1. The highest BCUT2D eigenvalue weighted by molar-refractivity contribution is 8.00. The average Bonchev–Trinajstić information content (AvgIpc) is 2.89. The van der Waals surface area contributed by atoms with Gasteiger partial charge in [0, 0.05) is 22.1 Å². The van der Waals surface area contributed by atoms with Gasteiger partial charge in [0.25, 0.3) is 0 Å². The Morgan fingerprint density at radius 1 is 1.29 bits per heavy atom. The minimum Gasteiger partial charge on any atom is -0.340 e. The molecule has 0 atom stereocenters. The third-order valence-corrected chi connectivity index (χ3v) is 5.19. The second kappa shape index (κ2) is 6.81. The van der Waals surface area contributed by atoms with Crippen molar-refractivity contribution in [1.82, 2.24) is 15.0 Å². The summed E-state index contributed by atoms with van der Waals surface area (Å²) in [6.45, 7) is 4.78. The number of aromatic nitrogens is 2. The number of rotatable bonds is 4. The lowest BCUT2D eigenvalue weighted by molar-refractivity contribution is 0.216. The molecule has 0 aliphatic carbocycles. The number of hydrogen-bond donors (Lipinski definition) is 0. The fourth-order valence-electron chi connectivity index (χ4n) is 2.50. The zero-order chi connectivity index (χ0) is 14.7. The maximum absolute atomic E-state index is 5.92. The van der Waals surface area contributed by atoms with Gasteiger partial charge < -0.3 is 4.52 Å². The molecule has 0 spiro atoms. The van der Waals surface area contributed by atoms with E-state index in [1.165, 1.54) is 17.7 Å². The van der Waals surface area contributed by atoms with Crippen molar-refractivity contribution in [3.8, 4) is 0 Å². The summed E-state index contributed by atoms with van der Waals surface area (Å²) in [6, 6.07) is 8.11. The van der Waals surface area contributed by atoms with Crippen LogP contribution >= 0.6 is 23.4 Å². The zero-order valence-corrected chi connectivity index (χ0v) is 13.5. The van der Waals surface area contributed by atoms with Crippen LogP contribution in [0.5, 0.6) is 0 Å². The van der Waals surface area contributed by atoms with Crippen molar-refractivity contribution < 1.29 is 4.52 Å². The van der Waals surface area contributed by atoms with Gasteiger partial charge in [-0.1, -0.05) is 16.8 Å². The predicted molar refractivity (Wildman–Crippen MR) is 84.6 cm³/mol. The molecule has 6 heteroatoms. The first-order chi connectivity index (χ1) is 10.2. The van der Waals surface area contributed by atoms with Crippen LogP contribution in [0.3, 0.4) is 0 Å². The molecule has 0 unspecified atom stereocenters. The molecule has 3 rings (SSSR count). The van der Waals surface area contributed by atoms with Gasteiger partial charge in [0.05, 0.1) is 6.54 Å². The maximum Gasteiger partial charge on any atom is 0.223 e. The monoisotopic (exact) mass is 323 g/mol. The van der Waals surface area contributed by atoms with E-state index in [1.807, 2.05) is 30.8 Å². The zero-order valence-electron chi connectivity index (χ0n) is 12.0. The molecule has 21 heavy (non-hydrogen) atoms. The summed E-state index contributed by atoms with van der Waals surface area (Å²) < 4.78 is 5.01. The van der Waals surface area contributed by atoms with Crippen molar-refractivity contribution >= 4 is 23.4 Å². The molecule has 1 aliphatic rings. The molecular formula is C15H18ClN3OS. The van der Waals surface area contributed by atoms with Gasteiger partial charge in [-0.15, -0.1) is 11.8 Å². The molecule has 2 aromatic rings. The van der Waals surface area contributed by atoms with Crippen LogP contribution in [-0.4, -0.2) is 33.4 Å². The van der Waals surface area contributed by atoms with Gasteiger partial charge in [-0.2, -0.15) is 4.98 Å². The second-order valence-corrected chi connectivity index (χ2v) is 7.09. The van der Waals surface area contributed by atoms with Crippen LogP contribution in [0.2, 0.25) is 5.02 Å². The number of benzene rings is 1. The Bertz CT molecular complexity index is 579. The van der Waals surface area contributed by atoms with Crippen LogP contribution in [0.25, 0.3) is 0 Å². The lowest BCUT2D eigenvalue weighted by Crippen LogP contribution is -2.34. The van der Waals surface area contributed by atoms with Crippen LogP contribution in [0, 0.1) is 6.92 Å². The lowest BCUT2D eigenvalue weighted by Gasteiger charge is -2.30. The molecule has 4 nitrogen and oxygen atoms in total. The fourth-order valence-corrected chi connectivity index (χ4v) is 3.75. The Hall–Kier alpha value is -1.04. The number of nitrogens with zero attached hydrogens (tertiary/aromatic N) is 3. The highest BCUT2D eigenvalue weighted by Gasteiger charge is 2.21. The van der Waals surface area contributed by atoms with Gasteiger partial charge in [-0.05, 0) is 50.2 Å². The molecule has 0 saturated carbocycles. The molecule has 0 radical (unpaired) electrons. The topological polar surface area (TPSA) is 42.2 Å². The molecule has 1 aromatic carbocycles. The van der Waals surface area contributed by atoms with Gasteiger partial charge in [-0.25, -0.2) is 0 Å². The Labute approximate surface area is 133 Å². The Kier molecular flexibility index (Phi) is 4.83. The first-order valence-electron chi connectivity index (χ1n) is 7.13. The van der Waals surface area contributed by atoms with Crippen LogP contribution in [0.15, 0.2) is 33.7 Å². The molecule has 0 amide bonds. The molecule has 1 saturated heterocycles. The Morgan fingerprint density at radius 3 is 2.62 bits per heavy atom. The number of likely N-dealkylation sites (tertiary alicyclic amines) is 1. The van der Waals surface area contributed by atoms with E-state index in [2.05, 4.69) is 27.2 Å². The van der Waals surface area contributed by atoms with Gasteiger partial charge in [-0.3, -0.25) is 4.90 Å². The molecule has 0 bridgehead atoms. The van der Waals surface area contributed by atoms with Gasteiger partial charge in [0.1, 0.15) is 0 Å². The van der Waals surface area contributed by atoms with Crippen molar-refractivity contribution in [2.75, 3.05) is 13.1 Å². The van der Waals surface area contributed by atoms with Crippen molar-refractivity contribution in [2.24, 2.45) is 0 Å². The van der Waals surface area contributed by atoms with E-state index >= 15 is 0 Å². The van der Waals surface area contributed by atoms with Crippen LogP contribution < -0.4 is 0 Å². The molecular weight excluding hydrogens is 306 g/mol. The molecule has 1 fully saturated rings. The number of aryl methyl sites for hydroxylation is 1. The normalized spacial score (nSPS) is 17.2. The van der Waals surface area contributed by atoms with E-state index in [-0.39, 0.29) is 0 Å². The highest BCUT2D eigenvalue weighted by atomic mass is 35.5. The molecule has 0 N–H and O–H groups in total. The van der Waals surface area contributed by atoms with E-state index in [9.17, 15) is 0 Å². The number of hydrogen-bond acceptors (Lipinski definition) is 5. The van der Waals surface area contributed by atoms with E-state index in [1.54, 1.807) is 0 Å². The summed E-state index contributed by atoms with van der Waals surface area (Å²) in [5.41, 5.74) is 0. The van der Waals surface area contributed by atoms with E-state index < -0.39 is 0 Å². The predicted octanol–water partition coefficient (Wildman–Crippen LogP) is 3.79. The van der Waals surface area contributed by atoms with E-state index in [0.29, 0.717) is 11.1 Å². The number of piperidine rings is 1. The Balaban J connectivity index is 1.47. The summed E-state index contributed by atoms with van der Waals surface area (Å²) in [5.74, 6) is 1.43. The average molecular weight is 324 g/mol. The summed E-state index contributed by atoms with van der Waals surface area (Å²) >= 11 is 7.87. The van der Waals surface area contributed by atoms with E-state index in [0.717, 1.165) is 30.5 Å². The molecule has 1 aromatic heterocycles. The van der Waals surface area contributed by atoms with E-state index in [4.69, 9.17) is 16.1 Å². The van der Waals surface area contributed by atoms with Crippen molar-refractivity contribution in [3.63, 3.8) is 0 Å².